The number of urea groups is 1. The van der Waals surface area contributed by atoms with Crippen molar-refractivity contribution in [1.82, 2.24) is 15.2 Å². The van der Waals surface area contributed by atoms with E-state index in [9.17, 15) is 4.79 Å². The molecule has 24 heavy (non-hydrogen) atoms. The van der Waals surface area contributed by atoms with E-state index < -0.39 is 0 Å². The minimum atomic E-state index is -0.197. The van der Waals surface area contributed by atoms with Gasteiger partial charge in [-0.2, -0.15) is 11.3 Å². The van der Waals surface area contributed by atoms with Crippen molar-refractivity contribution in [3.8, 4) is 0 Å². The van der Waals surface area contributed by atoms with E-state index in [1.54, 1.807) is 22.7 Å². The third kappa shape index (κ3) is 3.92. The number of fused-ring (bicyclic) bond motifs is 1. The van der Waals surface area contributed by atoms with Gasteiger partial charge in [0, 0.05) is 12.2 Å². The molecule has 0 aliphatic carbocycles. The van der Waals surface area contributed by atoms with Crippen LogP contribution in [0.25, 0.3) is 10.2 Å². The summed E-state index contributed by atoms with van der Waals surface area (Å²) in [5.41, 5.74) is 2.96. The van der Waals surface area contributed by atoms with E-state index in [0.717, 1.165) is 20.9 Å². The van der Waals surface area contributed by atoms with E-state index in [2.05, 4.69) is 37.3 Å². The second kappa shape index (κ2) is 7.29. The molecule has 1 aromatic carbocycles. The average Bonchev–Trinajstić information content (AvgIpc) is 3.15. The molecule has 0 aliphatic rings. The normalized spacial score (nSPS) is 12.5. The molecule has 3 aromatic rings. The van der Waals surface area contributed by atoms with Gasteiger partial charge in [-0.3, -0.25) is 0 Å². The van der Waals surface area contributed by atoms with Gasteiger partial charge in [-0.05, 0) is 61.6 Å². The van der Waals surface area contributed by atoms with Crippen molar-refractivity contribution in [2.24, 2.45) is 0 Å². The van der Waals surface area contributed by atoms with Crippen LogP contribution in [0.1, 0.15) is 16.6 Å². The van der Waals surface area contributed by atoms with Gasteiger partial charge in [-0.15, -0.1) is 11.3 Å². The van der Waals surface area contributed by atoms with Gasteiger partial charge in [-0.1, -0.05) is 0 Å². The number of thiophene rings is 1. The Morgan fingerprint density at radius 3 is 2.88 bits per heavy atom. The lowest BCUT2D eigenvalue weighted by Crippen LogP contribution is -2.36. The van der Waals surface area contributed by atoms with Crippen LogP contribution in [0.4, 0.5) is 10.5 Å². The molecular weight excluding hydrogens is 340 g/mol. The smallest absolute Gasteiger partial charge is 0.319 e. The summed E-state index contributed by atoms with van der Waals surface area (Å²) >= 11 is 3.29. The van der Waals surface area contributed by atoms with Gasteiger partial charge < -0.3 is 15.5 Å². The molecular formula is C17H20N4OS2. The molecule has 0 fully saturated rings. The van der Waals surface area contributed by atoms with Crippen LogP contribution in [-0.2, 0) is 0 Å². The Morgan fingerprint density at radius 2 is 2.17 bits per heavy atom. The molecule has 0 spiro atoms. The Morgan fingerprint density at radius 1 is 1.33 bits per heavy atom. The Labute approximate surface area is 149 Å². The highest BCUT2D eigenvalue weighted by molar-refractivity contribution is 7.18. The number of carbonyl (C=O) groups is 1. The zero-order valence-electron chi connectivity index (χ0n) is 13.9. The van der Waals surface area contributed by atoms with E-state index in [4.69, 9.17) is 0 Å². The summed E-state index contributed by atoms with van der Waals surface area (Å²) in [4.78, 5) is 18.7. The number of aromatic nitrogens is 1. The fourth-order valence-electron chi connectivity index (χ4n) is 2.55. The van der Waals surface area contributed by atoms with Crippen LogP contribution in [0.15, 0.2) is 35.0 Å². The molecule has 0 radical (unpaired) electrons. The summed E-state index contributed by atoms with van der Waals surface area (Å²) in [6, 6.07) is 7.83. The van der Waals surface area contributed by atoms with Gasteiger partial charge in [0.1, 0.15) is 0 Å². The van der Waals surface area contributed by atoms with Gasteiger partial charge in [0.05, 0.1) is 21.3 Å². The Hall–Kier alpha value is -1.96. The molecule has 1 atom stereocenters. The number of amides is 2. The third-order valence-corrected chi connectivity index (χ3v) is 5.40. The van der Waals surface area contributed by atoms with Gasteiger partial charge >= 0.3 is 6.03 Å². The van der Waals surface area contributed by atoms with E-state index >= 15 is 0 Å². The van der Waals surface area contributed by atoms with Crippen LogP contribution < -0.4 is 10.6 Å². The summed E-state index contributed by atoms with van der Waals surface area (Å²) in [6.45, 7) is 2.54. The summed E-state index contributed by atoms with van der Waals surface area (Å²) in [5.74, 6) is 0. The Balaban J connectivity index is 1.61. The molecule has 2 heterocycles. The van der Waals surface area contributed by atoms with Crippen LogP contribution in [0.5, 0.6) is 0 Å². The standard InChI is InChI=1S/C17H20N4OS2/c1-11-19-14-5-4-13(8-16(14)24-11)20-17(22)18-9-15(21(2)3)12-6-7-23-10-12/h4-8,10,15H,9H2,1-3H3,(H2,18,20,22)/t15-/m1/s1. The minimum absolute atomic E-state index is 0.161. The number of hydrogen-bond acceptors (Lipinski definition) is 5. The SMILES string of the molecule is Cc1nc2ccc(NC(=O)NC[C@H](c3ccsc3)N(C)C)cc2s1. The van der Waals surface area contributed by atoms with Crippen molar-refractivity contribution >= 4 is 44.6 Å². The fourth-order valence-corrected chi connectivity index (χ4v) is 4.12. The van der Waals surface area contributed by atoms with Crippen molar-refractivity contribution in [2.45, 2.75) is 13.0 Å². The van der Waals surface area contributed by atoms with Gasteiger partial charge in [-0.25, -0.2) is 9.78 Å². The molecule has 7 heteroatoms. The number of anilines is 1. The molecule has 0 aliphatic heterocycles. The van der Waals surface area contributed by atoms with Crippen LogP contribution in [0.2, 0.25) is 0 Å². The zero-order chi connectivity index (χ0) is 17.1. The van der Waals surface area contributed by atoms with E-state index in [0.29, 0.717) is 6.54 Å². The lowest BCUT2D eigenvalue weighted by atomic mass is 10.1. The number of thiazole rings is 1. The van der Waals surface area contributed by atoms with Crippen molar-refractivity contribution in [3.05, 3.63) is 45.6 Å². The molecule has 2 N–H and O–H groups in total. The highest BCUT2D eigenvalue weighted by Crippen LogP contribution is 2.25. The summed E-state index contributed by atoms with van der Waals surface area (Å²) in [5, 5.41) is 11.0. The number of nitrogens with one attached hydrogen (secondary N) is 2. The zero-order valence-corrected chi connectivity index (χ0v) is 15.5. The maximum Gasteiger partial charge on any atom is 0.319 e. The lowest BCUT2D eigenvalue weighted by molar-refractivity contribution is 0.243. The third-order valence-electron chi connectivity index (χ3n) is 3.76. The Kier molecular flexibility index (Phi) is 5.13. The predicted octanol–water partition coefficient (Wildman–Crippen LogP) is 4.09. The van der Waals surface area contributed by atoms with Crippen molar-refractivity contribution < 1.29 is 4.79 Å². The van der Waals surface area contributed by atoms with E-state index in [-0.39, 0.29) is 12.1 Å². The van der Waals surface area contributed by atoms with E-state index in [1.807, 2.05) is 39.2 Å². The second-order valence-corrected chi connectivity index (χ2v) is 7.80. The number of rotatable bonds is 5. The van der Waals surface area contributed by atoms with Crippen molar-refractivity contribution in [1.29, 1.82) is 0 Å². The topological polar surface area (TPSA) is 57.3 Å². The molecule has 3 rings (SSSR count). The lowest BCUT2D eigenvalue weighted by Gasteiger charge is -2.24. The van der Waals surface area contributed by atoms with Crippen molar-refractivity contribution in [2.75, 3.05) is 26.0 Å². The average molecular weight is 361 g/mol. The monoisotopic (exact) mass is 360 g/mol. The molecule has 2 aromatic heterocycles. The van der Waals surface area contributed by atoms with Crippen LogP contribution in [-0.4, -0.2) is 36.6 Å². The highest BCUT2D eigenvalue weighted by atomic mass is 32.1. The molecule has 0 bridgehead atoms. The van der Waals surface area contributed by atoms with E-state index in [1.165, 1.54) is 5.56 Å². The number of nitrogens with zero attached hydrogens (tertiary/aromatic N) is 2. The maximum atomic E-state index is 12.2. The summed E-state index contributed by atoms with van der Waals surface area (Å²) < 4.78 is 1.08. The van der Waals surface area contributed by atoms with Gasteiger partial charge in [0.25, 0.3) is 0 Å². The largest absolute Gasteiger partial charge is 0.336 e. The molecule has 5 nitrogen and oxygen atoms in total. The molecule has 126 valence electrons. The highest BCUT2D eigenvalue weighted by Gasteiger charge is 2.15. The first-order valence-corrected chi connectivity index (χ1v) is 9.39. The number of likely N-dealkylation sites (N-methyl/N-ethyl adjacent to an activating group) is 1. The molecule has 0 saturated carbocycles. The van der Waals surface area contributed by atoms with Crippen molar-refractivity contribution in [3.63, 3.8) is 0 Å². The quantitative estimate of drug-likeness (QED) is 0.720. The number of hydrogen-bond donors (Lipinski definition) is 2. The summed E-state index contributed by atoms with van der Waals surface area (Å²) in [6.07, 6.45) is 0. The van der Waals surface area contributed by atoms with Crippen LogP contribution in [0, 0.1) is 6.92 Å². The van der Waals surface area contributed by atoms with Crippen LogP contribution >= 0.6 is 22.7 Å². The molecule has 0 saturated heterocycles. The predicted molar refractivity (Wildman–Crippen MR) is 102 cm³/mol. The first-order chi connectivity index (χ1) is 11.5. The maximum absolute atomic E-state index is 12.2. The number of benzene rings is 1. The van der Waals surface area contributed by atoms with Crippen LogP contribution in [0.3, 0.4) is 0 Å². The number of aryl methyl sites for hydroxylation is 1. The van der Waals surface area contributed by atoms with Gasteiger partial charge in [0.2, 0.25) is 0 Å². The second-order valence-electron chi connectivity index (χ2n) is 5.79. The van der Waals surface area contributed by atoms with Gasteiger partial charge in [0.15, 0.2) is 0 Å². The molecule has 2 amide bonds. The number of carbonyl (C=O) groups excluding carboxylic acids is 1. The fraction of sp³-hybridized carbons (Fsp3) is 0.294. The summed E-state index contributed by atoms with van der Waals surface area (Å²) in [7, 11) is 4.03. The molecule has 0 unspecified atom stereocenters. The minimum Gasteiger partial charge on any atom is -0.336 e. The first-order valence-electron chi connectivity index (χ1n) is 7.63. The Bertz CT molecular complexity index is 826. The first kappa shape index (κ1) is 16.9.